The number of ether oxygens (including phenoxy) is 1. The zero-order chi connectivity index (χ0) is 32.8. The van der Waals surface area contributed by atoms with Crippen molar-refractivity contribution in [3.8, 4) is 11.5 Å². The maximum atomic E-state index is 14.9. The van der Waals surface area contributed by atoms with E-state index in [9.17, 15) is 28.3 Å². The maximum absolute atomic E-state index is 14.9. The molecule has 14 heteroatoms. The molecule has 4 N–H and O–H groups in total. The summed E-state index contributed by atoms with van der Waals surface area (Å²) >= 11 is 1.20. The van der Waals surface area contributed by atoms with Crippen molar-refractivity contribution in [2.45, 2.75) is 32.7 Å². The lowest BCUT2D eigenvalue weighted by Gasteiger charge is -2.39. The summed E-state index contributed by atoms with van der Waals surface area (Å²) in [6, 6.07) is 10.6. The second-order valence-electron chi connectivity index (χ2n) is 10.9. The number of rotatable bonds is 10. The van der Waals surface area contributed by atoms with Crippen LogP contribution in [0.3, 0.4) is 0 Å². The third kappa shape index (κ3) is 7.87. The molecule has 0 bridgehead atoms. The number of aromatic nitrogens is 1. The van der Waals surface area contributed by atoms with E-state index in [-0.39, 0.29) is 29.1 Å². The number of halogens is 2. The van der Waals surface area contributed by atoms with Gasteiger partial charge in [-0.3, -0.25) is 14.7 Å². The first kappa shape index (κ1) is 32.6. The van der Waals surface area contributed by atoms with Gasteiger partial charge in [0.15, 0.2) is 0 Å². The number of hydrogen-bond acceptors (Lipinski definition) is 7. The van der Waals surface area contributed by atoms with E-state index in [1.54, 1.807) is 25.1 Å². The van der Waals surface area contributed by atoms with Crippen LogP contribution < -0.4 is 20.7 Å². The summed E-state index contributed by atoms with van der Waals surface area (Å²) in [6.45, 7) is 6.75. The number of benzene rings is 2. The molecule has 1 unspecified atom stereocenters. The van der Waals surface area contributed by atoms with Gasteiger partial charge in [0.05, 0.1) is 26.5 Å². The Bertz CT molecular complexity index is 1750. The van der Waals surface area contributed by atoms with Gasteiger partial charge in [0.1, 0.15) is 23.1 Å². The number of pyridine rings is 1. The largest absolute Gasteiger partial charge is 0.465 e. The average molecular weight is 653 g/mol. The van der Waals surface area contributed by atoms with Crippen LogP contribution in [0.5, 0.6) is 11.5 Å². The standard InChI is InChI=1S/C32H34F2N6O5S/c1-3-20-18-39(13-14-40(20)32(43)44)12-4-10-36-30(41)28-17-26-29(46-28)27(9-11-35-26)45-21-6-8-24(23(34)16-21)37-31(42)38-25-15-19(2)5-7-22(25)33/h5-9,11,15-17,20H,3-4,10,12-14,18H2,1-2H3,(H,36,41)(H,43,44)(H2,37,38,42). The summed E-state index contributed by atoms with van der Waals surface area (Å²) in [4.78, 5) is 45.1. The molecule has 2 aromatic carbocycles. The molecular formula is C32H34F2N6O5S. The van der Waals surface area contributed by atoms with E-state index in [2.05, 4.69) is 25.8 Å². The van der Waals surface area contributed by atoms with Crippen molar-refractivity contribution < 1.29 is 33.0 Å². The van der Waals surface area contributed by atoms with Gasteiger partial charge in [-0.1, -0.05) is 13.0 Å². The number of thiophene rings is 1. The highest BCUT2D eigenvalue weighted by atomic mass is 32.1. The monoisotopic (exact) mass is 652 g/mol. The van der Waals surface area contributed by atoms with Gasteiger partial charge in [-0.15, -0.1) is 11.3 Å². The summed E-state index contributed by atoms with van der Waals surface area (Å²) < 4.78 is 35.4. The number of aryl methyl sites for hydroxylation is 1. The van der Waals surface area contributed by atoms with Crippen molar-refractivity contribution in [2.75, 3.05) is 43.4 Å². The lowest BCUT2D eigenvalue weighted by atomic mass is 10.1. The number of nitrogens with zero attached hydrogens (tertiary/aromatic N) is 3. The van der Waals surface area contributed by atoms with E-state index in [4.69, 9.17) is 4.74 Å². The van der Waals surface area contributed by atoms with Gasteiger partial charge >= 0.3 is 12.1 Å². The molecule has 0 radical (unpaired) electrons. The van der Waals surface area contributed by atoms with Gasteiger partial charge in [0, 0.05) is 50.6 Å². The van der Waals surface area contributed by atoms with Gasteiger partial charge in [-0.05, 0) is 62.2 Å². The van der Waals surface area contributed by atoms with E-state index in [1.165, 1.54) is 46.7 Å². The second-order valence-corrected chi connectivity index (χ2v) is 11.9. The van der Waals surface area contributed by atoms with Crippen LogP contribution in [-0.2, 0) is 0 Å². The molecule has 0 aliphatic carbocycles. The van der Waals surface area contributed by atoms with Crippen LogP contribution in [0, 0.1) is 18.6 Å². The number of carbonyl (C=O) groups excluding carboxylic acids is 2. The van der Waals surface area contributed by atoms with Gasteiger partial charge in [0.2, 0.25) is 0 Å². The Morgan fingerprint density at radius 1 is 1.04 bits per heavy atom. The normalized spacial score (nSPS) is 15.0. The maximum Gasteiger partial charge on any atom is 0.407 e. The fraction of sp³-hybridized carbons (Fsp3) is 0.312. The SMILES string of the molecule is CCC1CN(CCCNC(=O)c2cc3nccc(Oc4ccc(NC(=O)Nc5cc(C)ccc5F)c(F)c4)c3s2)CCN1C(=O)O. The minimum atomic E-state index is -0.886. The number of piperazine rings is 1. The summed E-state index contributed by atoms with van der Waals surface area (Å²) in [5, 5.41) is 17.0. The Morgan fingerprint density at radius 2 is 1.85 bits per heavy atom. The van der Waals surface area contributed by atoms with Crippen LogP contribution >= 0.6 is 11.3 Å². The van der Waals surface area contributed by atoms with Crippen molar-refractivity contribution >= 4 is 51.0 Å². The molecule has 11 nitrogen and oxygen atoms in total. The molecule has 1 saturated heterocycles. The number of amides is 4. The van der Waals surface area contributed by atoms with Crippen LogP contribution in [0.25, 0.3) is 10.2 Å². The predicted molar refractivity (Wildman–Crippen MR) is 172 cm³/mol. The summed E-state index contributed by atoms with van der Waals surface area (Å²) in [7, 11) is 0. The molecule has 5 rings (SSSR count). The Hall–Kier alpha value is -4.82. The molecule has 46 heavy (non-hydrogen) atoms. The number of hydrogen-bond donors (Lipinski definition) is 4. The van der Waals surface area contributed by atoms with Crippen LogP contribution in [0.2, 0.25) is 0 Å². The van der Waals surface area contributed by atoms with Crippen LogP contribution in [0.4, 0.5) is 29.7 Å². The number of urea groups is 1. The molecule has 0 saturated carbocycles. The molecule has 242 valence electrons. The zero-order valence-electron chi connectivity index (χ0n) is 25.3. The molecule has 1 atom stereocenters. The molecule has 2 aromatic heterocycles. The highest BCUT2D eigenvalue weighted by molar-refractivity contribution is 7.21. The van der Waals surface area contributed by atoms with Crippen molar-refractivity contribution in [2.24, 2.45) is 0 Å². The third-order valence-electron chi connectivity index (χ3n) is 7.61. The van der Waals surface area contributed by atoms with Gasteiger partial charge in [-0.25, -0.2) is 18.4 Å². The Kier molecular flexibility index (Phi) is 10.3. The van der Waals surface area contributed by atoms with Crippen molar-refractivity contribution in [3.05, 3.63) is 76.8 Å². The summed E-state index contributed by atoms with van der Waals surface area (Å²) in [5.41, 5.74) is 1.15. The van der Waals surface area contributed by atoms with Crippen molar-refractivity contribution in [1.29, 1.82) is 0 Å². The Labute approximate surface area is 268 Å². The fourth-order valence-corrected chi connectivity index (χ4v) is 6.20. The fourth-order valence-electron chi connectivity index (χ4n) is 5.22. The molecule has 1 fully saturated rings. The number of nitrogens with one attached hydrogen (secondary N) is 3. The number of carbonyl (C=O) groups is 3. The minimum Gasteiger partial charge on any atom is -0.465 e. The number of carboxylic acid groups (broad SMARTS) is 1. The van der Waals surface area contributed by atoms with Crippen molar-refractivity contribution in [3.63, 3.8) is 0 Å². The van der Waals surface area contributed by atoms with E-state index in [1.807, 2.05) is 6.92 Å². The highest BCUT2D eigenvalue weighted by Gasteiger charge is 2.28. The van der Waals surface area contributed by atoms with Crippen LogP contribution in [-0.4, -0.2) is 76.7 Å². The van der Waals surface area contributed by atoms with E-state index in [0.29, 0.717) is 53.4 Å². The zero-order valence-corrected chi connectivity index (χ0v) is 26.1. The van der Waals surface area contributed by atoms with Crippen molar-refractivity contribution in [1.82, 2.24) is 20.1 Å². The predicted octanol–water partition coefficient (Wildman–Crippen LogP) is 6.51. The number of fused-ring (bicyclic) bond motifs is 1. The van der Waals surface area contributed by atoms with E-state index < -0.39 is 23.8 Å². The van der Waals surface area contributed by atoms with Gasteiger partial charge in [-0.2, -0.15) is 0 Å². The minimum absolute atomic E-state index is 0.0260. The number of anilines is 2. The molecule has 1 aliphatic rings. The van der Waals surface area contributed by atoms with Crippen LogP contribution in [0.15, 0.2) is 54.7 Å². The first-order chi connectivity index (χ1) is 22.1. The van der Waals surface area contributed by atoms with E-state index in [0.717, 1.165) is 24.6 Å². The Morgan fingerprint density at radius 3 is 2.61 bits per heavy atom. The van der Waals surface area contributed by atoms with Crippen LogP contribution in [0.1, 0.15) is 35.0 Å². The molecule has 3 heterocycles. The first-order valence-electron chi connectivity index (χ1n) is 14.8. The topological polar surface area (TPSA) is 136 Å². The lowest BCUT2D eigenvalue weighted by Crippen LogP contribution is -2.54. The quantitative estimate of drug-likeness (QED) is 0.143. The lowest BCUT2D eigenvalue weighted by molar-refractivity contribution is 0.0652. The summed E-state index contributed by atoms with van der Waals surface area (Å²) in [6.07, 6.45) is 2.11. The molecule has 4 amide bonds. The third-order valence-corrected chi connectivity index (χ3v) is 8.74. The Balaban J connectivity index is 1.15. The first-order valence-corrected chi connectivity index (χ1v) is 15.6. The van der Waals surface area contributed by atoms with Gasteiger partial charge in [0.25, 0.3) is 5.91 Å². The molecule has 4 aromatic rings. The molecule has 1 aliphatic heterocycles. The average Bonchev–Trinajstić information content (AvgIpc) is 3.48. The summed E-state index contributed by atoms with van der Waals surface area (Å²) in [5.74, 6) is -1.08. The highest BCUT2D eigenvalue weighted by Crippen LogP contribution is 2.35. The molecule has 0 spiro atoms. The smallest absolute Gasteiger partial charge is 0.407 e. The second kappa shape index (κ2) is 14.5. The van der Waals surface area contributed by atoms with E-state index >= 15 is 0 Å². The molecular weight excluding hydrogens is 618 g/mol. The van der Waals surface area contributed by atoms with Gasteiger partial charge < -0.3 is 30.7 Å².